The van der Waals surface area contributed by atoms with Crippen molar-refractivity contribution in [2.45, 2.75) is 26.7 Å². The molecule has 0 saturated heterocycles. The van der Waals surface area contributed by atoms with Crippen LogP contribution in [0.15, 0.2) is 23.6 Å². The Kier molecular flexibility index (Phi) is 3.71. The summed E-state index contributed by atoms with van der Waals surface area (Å²) in [5.74, 6) is 1.02. The van der Waals surface area contributed by atoms with E-state index in [1.807, 2.05) is 6.92 Å². The van der Waals surface area contributed by atoms with Crippen LogP contribution in [0.4, 0.5) is 0 Å². The van der Waals surface area contributed by atoms with E-state index in [9.17, 15) is 0 Å². The third kappa shape index (κ3) is 2.29. The summed E-state index contributed by atoms with van der Waals surface area (Å²) < 4.78 is 5.48. The van der Waals surface area contributed by atoms with Gasteiger partial charge in [-0.15, -0.1) is 0 Å². The van der Waals surface area contributed by atoms with Crippen LogP contribution in [0.5, 0.6) is 0 Å². The van der Waals surface area contributed by atoms with Crippen molar-refractivity contribution in [2.24, 2.45) is 0 Å². The summed E-state index contributed by atoms with van der Waals surface area (Å²) in [5.41, 5.74) is 1.16. The number of hydrogen-bond donors (Lipinski definition) is 1. The van der Waals surface area contributed by atoms with Gasteiger partial charge >= 0.3 is 0 Å². The van der Waals surface area contributed by atoms with E-state index in [1.54, 1.807) is 0 Å². The molecule has 0 aromatic carbocycles. The molecule has 68 valence electrons. The maximum Gasteiger partial charge on any atom is 0.138 e. The summed E-state index contributed by atoms with van der Waals surface area (Å²) in [6, 6.07) is 0. The highest BCUT2D eigenvalue weighted by atomic mass is 16.5. The summed E-state index contributed by atoms with van der Waals surface area (Å²) in [5, 5.41) is 3.29. The van der Waals surface area contributed by atoms with E-state index in [-0.39, 0.29) is 0 Å². The van der Waals surface area contributed by atoms with Crippen LogP contribution >= 0.6 is 0 Å². The van der Waals surface area contributed by atoms with E-state index in [4.69, 9.17) is 4.74 Å². The van der Waals surface area contributed by atoms with Crippen molar-refractivity contribution < 1.29 is 4.74 Å². The van der Waals surface area contributed by atoms with Crippen molar-refractivity contribution in [3.05, 3.63) is 23.6 Å². The lowest BCUT2D eigenvalue weighted by atomic mass is 10.1. The number of hydrogen-bond acceptors (Lipinski definition) is 2. The second kappa shape index (κ2) is 4.86. The minimum Gasteiger partial charge on any atom is -0.492 e. The third-order valence-corrected chi connectivity index (χ3v) is 1.78. The molecule has 0 fully saturated rings. The van der Waals surface area contributed by atoms with Crippen molar-refractivity contribution >= 4 is 0 Å². The van der Waals surface area contributed by atoms with Crippen molar-refractivity contribution in [3.63, 3.8) is 0 Å². The summed E-state index contributed by atoms with van der Waals surface area (Å²) in [7, 11) is 0. The fraction of sp³-hybridized carbons (Fsp3) is 0.600. The van der Waals surface area contributed by atoms with Crippen LogP contribution < -0.4 is 5.32 Å². The van der Waals surface area contributed by atoms with Gasteiger partial charge in [0.05, 0.1) is 12.3 Å². The van der Waals surface area contributed by atoms with Gasteiger partial charge in [-0.25, -0.2) is 0 Å². The first kappa shape index (κ1) is 9.17. The van der Waals surface area contributed by atoms with Crippen LogP contribution in [-0.4, -0.2) is 13.2 Å². The minimum absolute atomic E-state index is 0.745. The van der Waals surface area contributed by atoms with E-state index < -0.39 is 0 Å². The van der Waals surface area contributed by atoms with Gasteiger partial charge < -0.3 is 10.1 Å². The SMILES string of the molecule is CCNC1=CCCC=C1OCC. The molecule has 0 aliphatic heterocycles. The normalized spacial score (nSPS) is 16.5. The molecular weight excluding hydrogens is 150 g/mol. The molecule has 0 unspecified atom stereocenters. The zero-order valence-electron chi connectivity index (χ0n) is 7.89. The molecule has 2 heteroatoms. The molecule has 0 atom stereocenters. The lowest BCUT2D eigenvalue weighted by Crippen LogP contribution is -2.17. The summed E-state index contributed by atoms with van der Waals surface area (Å²) in [6.07, 6.45) is 6.58. The first-order chi connectivity index (χ1) is 5.88. The Morgan fingerprint density at radius 1 is 1.33 bits per heavy atom. The first-order valence-corrected chi connectivity index (χ1v) is 4.65. The second-order valence-electron chi connectivity index (χ2n) is 2.73. The van der Waals surface area contributed by atoms with Crippen molar-refractivity contribution in [3.8, 4) is 0 Å². The van der Waals surface area contributed by atoms with Crippen molar-refractivity contribution in [2.75, 3.05) is 13.2 Å². The summed E-state index contributed by atoms with van der Waals surface area (Å²) >= 11 is 0. The van der Waals surface area contributed by atoms with E-state index in [1.165, 1.54) is 0 Å². The third-order valence-electron chi connectivity index (χ3n) is 1.78. The molecule has 0 bridgehead atoms. The molecule has 0 spiro atoms. The maximum absolute atomic E-state index is 5.48. The molecule has 1 rings (SSSR count). The first-order valence-electron chi connectivity index (χ1n) is 4.65. The maximum atomic E-state index is 5.48. The fourth-order valence-electron chi connectivity index (χ4n) is 1.29. The Morgan fingerprint density at radius 3 is 2.75 bits per heavy atom. The molecule has 1 aliphatic rings. The van der Waals surface area contributed by atoms with Crippen LogP contribution in [0.3, 0.4) is 0 Å². The van der Waals surface area contributed by atoms with Gasteiger partial charge in [0.2, 0.25) is 0 Å². The Balaban J connectivity index is 2.55. The Labute approximate surface area is 74.3 Å². The molecular formula is C10H17NO. The van der Waals surface area contributed by atoms with E-state index >= 15 is 0 Å². The Morgan fingerprint density at radius 2 is 2.08 bits per heavy atom. The van der Waals surface area contributed by atoms with Crippen molar-refractivity contribution in [1.82, 2.24) is 5.32 Å². The number of allylic oxidation sites excluding steroid dienone is 2. The zero-order chi connectivity index (χ0) is 8.81. The molecule has 0 saturated carbocycles. The van der Waals surface area contributed by atoms with Gasteiger partial charge in [-0.05, 0) is 32.8 Å². The number of rotatable bonds is 4. The molecule has 0 aromatic rings. The topological polar surface area (TPSA) is 21.3 Å². The Hall–Kier alpha value is -0.920. The van der Waals surface area contributed by atoms with Gasteiger partial charge in [0, 0.05) is 6.54 Å². The predicted molar refractivity (Wildman–Crippen MR) is 50.7 cm³/mol. The van der Waals surface area contributed by atoms with Gasteiger partial charge in [-0.1, -0.05) is 6.08 Å². The quantitative estimate of drug-likeness (QED) is 0.693. The van der Waals surface area contributed by atoms with Gasteiger partial charge in [0.15, 0.2) is 0 Å². The smallest absolute Gasteiger partial charge is 0.138 e. The van der Waals surface area contributed by atoms with Gasteiger partial charge in [-0.3, -0.25) is 0 Å². The van der Waals surface area contributed by atoms with E-state index in [0.29, 0.717) is 0 Å². The van der Waals surface area contributed by atoms with Crippen LogP contribution in [0, 0.1) is 0 Å². The van der Waals surface area contributed by atoms with Crippen LogP contribution in [0.2, 0.25) is 0 Å². The fourth-order valence-corrected chi connectivity index (χ4v) is 1.29. The highest BCUT2D eigenvalue weighted by molar-refractivity contribution is 5.27. The number of ether oxygens (including phenoxy) is 1. The molecule has 0 amide bonds. The van der Waals surface area contributed by atoms with Crippen LogP contribution in [0.1, 0.15) is 26.7 Å². The molecule has 2 nitrogen and oxygen atoms in total. The summed E-state index contributed by atoms with van der Waals surface area (Å²) in [4.78, 5) is 0. The zero-order valence-corrected chi connectivity index (χ0v) is 7.89. The van der Waals surface area contributed by atoms with Crippen LogP contribution in [0.25, 0.3) is 0 Å². The van der Waals surface area contributed by atoms with Crippen molar-refractivity contribution in [1.29, 1.82) is 0 Å². The standard InChI is InChI=1S/C10H17NO/c1-3-11-9-7-5-6-8-10(9)12-4-2/h7-8,11H,3-6H2,1-2H3. The lowest BCUT2D eigenvalue weighted by Gasteiger charge is -2.16. The number of nitrogens with one attached hydrogen (secondary N) is 1. The molecule has 0 heterocycles. The molecule has 0 aromatic heterocycles. The molecule has 0 radical (unpaired) electrons. The second-order valence-corrected chi connectivity index (χ2v) is 2.73. The molecule has 1 aliphatic carbocycles. The highest BCUT2D eigenvalue weighted by Gasteiger charge is 2.07. The van der Waals surface area contributed by atoms with E-state index in [0.717, 1.165) is 37.4 Å². The highest BCUT2D eigenvalue weighted by Crippen LogP contribution is 2.17. The number of likely N-dealkylation sites (N-methyl/N-ethyl adjacent to an activating group) is 1. The average Bonchev–Trinajstić information content (AvgIpc) is 2.09. The van der Waals surface area contributed by atoms with E-state index in [2.05, 4.69) is 24.4 Å². The Bertz CT molecular complexity index is 172. The molecule has 1 N–H and O–H groups in total. The predicted octanol–water partition coefficient (Wildman–Crippen LogP) is 2.19. The van der Waals surface area contributed by atoms with Gasteiger partial charge in [-0.2, -0.15) is 0 Å². The van der Waals surface area contributed by atoms with Gasteiger partial charge in [0.1, 0.15) is 5.76 Å². The summed E-state index contributed by atoms with van der Waals surface area (Å²) in [6.45, 7) is 5.81. The monoisotopic (exact) mass is 167 g/mol. The molecule has 12 heavy (non-hydrogen) atoms. The van der Waals surface area contributed by atoms with Crippen LogP contribution in [-0.2, 0) is 4.74 Å². The van der Waals surface area contributed by atoms with Gasteiger partial charge in [0.25, 0.3) is 0 Å². The lowest BCUT2D eigenvalue weighted by molar-refractivity contribution is 0.231. The minimum atomic E-state index is 0.745. The largest absolute Gasteiger partial charge is 0.492 e. The average molecular weight is 167 g/mol.